The molecule has 9 nitrogen and oxygen atoms in total. The van der Waals surface area contributed by atoms with Gasteiger partial charge in [0.1, 0.15) is 17.3 Å². The second kappa shape index (κ2) is 8.00. The standard InChI is InChI=1S/C23H31NO8/c1-9-10-23-14-12-29-16(17(23)30-20(27)32-22(5,6)7)13(18(25)28-8)11-15(14)24(23)19(26)31-21(2,3)4/h11,14-17H,12H2,1-8H3/t14-,15+,16+,17+,23+/m1/s1. The van der Waals surface area contributed by atoms with Crippen molar-refractivity contribution in [2.45, 2.75) is 83.5 Å². The third-order valence-electron chi connectivity index (χ3n) is 5.44. The fourth-order valence-corrected chi connectivity index (χ4v) is 4.44. The monoisotopic (exact) mass is 449 g/mol. The van der Waals surface area contributed by atoms with Gasteiger partial charge in [-0.2, -0.15) is 0 Å². The molecule has 9 heteroatoms. The van der Waals surface area contributed by atoms with Gasteiger partial charge < -0.3 is 23.7 Å². The Bertz CT molecular complexity index is 900. The normalized spacial score (nSPS) is 30.6. The summed E-state index contributed by atoms with van der Waals surface area (Å²) < 4.78 is 27.6. The van der Waals surface area contributed by atoms with E-state index in [2.05, 4.69) is 11.8 Å². The molecule has 0 N–H and O–H groups in total. The van der Waals surface area contributed by atoms with Crippen LogP contribution in [0.25, 0.3) is 0 Å². The Morgan fingerprint density at radius 2 is 1.75 bits per heavy atom. The molecule has 0 saturated carbocycles. The molecular formula is C23H31NO8. The van der Waals surface area contributed by atoms with Crippen LogP contribution in [-0.4, -0.2) is 71.8 Å². The number of ether oxygens (including phenoxy) is 5. The fourth-order valence-electron chi connectivity index (χ4n) is 4.44. The van der Waals surface area contributed by atoms with Crippen LogP contribution in [0.5, 0.6) is 0 Å². The number of carbonyl (C=O) groups is 3. The first-order valence-corrected chi connectivity index (χ1v) is 10.5. The summed E-state index contributed by atoms with van der Waals surface area (Å²) in [7, 11) is 1.25. The molecule has 0 aromatic rings. The van der Waals surface area contributed by atoms with E-state index >= 15 is 0 Å². The molecule has 5 rings (SSSR count). The first kappa shape index (κ1) is 23.9. The van der Waals surface area contributed by atoms with Crippen molar-refractivity contribution in [3.8, 4) is 11.8 Å². The first-order chi connectivity index (χ1) is 14.7. The molecule has 2 saturated heterocycles. The lowest BCUT2D eigenvalue weighted by atomic mass is 9.64. The van der Waals surface area contributed by atoms with Crippen molar-refractivity contribution in [2.75, 3.05) is 13.7 Å². The van der Waals surface area contributed by atoms with Crippen molar-refractivity contribution in [3.05, 3.63) is 11.6 Å². The van der Waals surface area contributed by atoms with Gasteiger partial charge in [0, 0.05) is 5.92 Å². The zero-order valence-electron chi connectivity index (χ0n) is 19.8. The Hall–Kier alpha value is -2.73. The van der Waals surface area contributed by atoms with Crippen molar-refractivity contribution < 1.29 is 38.1 Å². The fraction of sp³-hybridized carbons (Fsp3) is 0.696. The zero-order valence-corrected chi connectivity index (χ0v) is 19.8. The molecule has 1 aliphatic carbocycles. The molecule has 0 spiro atoms. The summed E-state index contributed by atoms with van der Waals surface area (Å²) >= 11 is 0. The Labute approximate surface area is 188 Å². The van der Waals surface area contributed by atoms with Gasteiger partial charge in [0.25, 0.3) is 0 Å². The van der Waals surface area contributed by atoms with Gasteiger partial charge in [-0.3, -0.25) is 4.90 Å². The van der Waals surface area contributed by atoms with Crippen LogP contribution in [0, 0.1) is 17.8 Å². The highest BCUT2D eigenvalue weighted by molar-refractivity contribution is 5.91. The van der Waals surface area contributed by atoms with Gasteiger partial charge in [-0.1, -0.05) is 5.92 Å². The number of hydrogen-bond acceptors (Lipinski definition) is 8. The molecule has 0 unspecified atom stereocenters. The van der Waals surface area contributed by atoms with E-state index < -0.39 is 53.2 Å². The third kappa shape index (κ3) is 4.04. The third-order valence-corrected chi connectivity index (χ3v) is 5.44. The molecule has 32 heavy (non-hydrogen) atoms. The van der Waals surface area contributed by atoms with Crippen LogP contribution in [-0.2, 0) is 28.5 Å². The van der Waals surface area contributed by atoms with Crippen LogP contribution in [0.2, 0.25) is 0 Å². The first-order valence-electron chi connectivity index (χ1n) is 10.5. The predicted molar refractivity (Wildman–Crippen MR) is 112 cm³/mol. The van der Waals surface area contributed by atoms with E-state index in [0.29, 0.717) is 0 Å². The molecule has 1 amide bonds. The van der Waals surface area contributed by atoms with E-state index in [0.717, 1.165) is 0 Å². The summed E-state index contributed by atoms with van der Waals surface area (Å²) in [6.07, 6.45) is -2.05. The van der Waals surface area contributed by atoms with Crippen LogP contribution in [0.3, 0.4) is 0 Å². The summed E-state index contributed by atoms with van der Waals surface area (Å²) in [4.78, 5) is 39.9. The molecule has 4 aliphatic heterocycles. The van der Waals surface area contributed by atoms with Crippen molar-refractivity contribution in [2.24, 2.45) is 5.92 Å². The molecule has 5 aliphatic rings. The maximum absolute atomic E-state index is 13.2. The molecule has 5 atom stereocenters. The summed E-state index contributed by atoms with van der Waals surface area (Å²) in [5, 5.41) is 0. The second-order valence-corrected chi connectivity index (χ2v) is 10.0. The van der Waals surface area contributed by atoms with Gasteiger partial charge in [0.2, 0.25) is 0 Å². The summed E-state index contributed by atoms with van der Waals surface area (Å²) in [5.41, 5.74) is -2.64. The minimum absolute atomic E-state index is 0.166. The molecule has 4 heterocycles. The van der Waals surface area contributed by atoms with Gasteiger partial charge in [0.05, 0.1) is 25.3 Å². The van der Waals surface area contributed by atoms with Crippen LogP contribution in [0.4, 0.5) is 9.59 Å². The van der Waals surface area contributed by atoms with Gasteiger partial charge in [-0.05, 0) is 54.5 Å². The number of methoxy groups -OCH3 is 1. The largest absolute Gasteiger partial charge is 0.509 e. The number of esters is 1. The molecule has 0 radical (unpaired) electrons. The highest BCUT2D eigenvalue weighted by Crippen LogP contribution is 2.55. The number of amides is 1. The number of rotatable bonds is 2. The Morgan fingerprint density at radius 1 is 1.12 bits per heavy atom. The lowest BCUT2D eigenvalue weighted by Crippen LogP contribution is -2.82. The summed E-state index contributed by atoms with van der Waals surface area (Å²) in [6, 6.07) is -0.531. The smallest absolute Gasteiger partial charge is 0.466 e. The highest BCUT2D eigenvalue weighted by atomic mass is 16.7. The van der Waals surface area contributed by atoms with Gasteiger partial charge in [-0.15, -0.1) is 5.92 Å². The van der Waals surface area contributed by atoms with E-state index in [-0.39, 0.29) is 18.1 Å². The van der Waals surface area contributed by atoms with Gasteiger partial charge in [-0.25, -0.2) is 14.4 Å². The lowest BCUT2D eigenvalue weighted by molar-refractivity contribution is -0.222. The van der Waals surface area contributed by atoms with Gasteiger partial charge >= 0.3 is 18.2 Å². The SMILES string of the molecule is CC#C[C@@]12[C@@H]3CO[C@@H](C(C(=O)OC)=C[C@@H]3N1C(=O)OC(C)(C)C)[C@@H]2OC(=O)OC(C)(C)C. The van der Waals surface area contributed by atoms with Crippen LogP contribution in [0.1, 0.15) is 48.5 Å². The van der Waals surface area contributed by atoms with E-state index in [1.54, 1.807) is 54.5 Å². The molecule has 2 fully saturated rings. The van der Waals surface area contributed by atoms with Gasteiger partial charge in [0.15, 0.2) is 11.6 Å². The molecule has 0 aromatic carbocycles. The van der Waals surface area contributed by atoms with Crippen molar-refractivity contribution in [1.29, 1.82) is 0 Å². The van der Waals surface area contributed by atoms with E-state index in [1.165, 1.54) is 12.0 Å². The Morgan fingerprint density at radius 3 is 2.28 bits per heavy atom. The maximum Gasteiger partial charge on any atom is 0.509 e. The lowest BCUT2D eigenvalue weighted by Gasteiger charge is -2.63. The van der Waals surface area contributed by atoms with Crippen molar-refractivity contribution >= 4 is 18.2 Å². The van der Waals surface area contributed by atoms with Crippen molar-refractivity contribution in [3.63, 3.8) is 0 Å². The number of carbonyl (C=O) groups excluding carboxylic acids is 3. The van der Waals surface area contributed by atoms with Crippen LogP contribution < -0.4 is 0 Å². The van der Waals surface area contributed by atoms with E-state index in [4.69, 9.17) is 23.7 Å². The summed E-state index contributed by atoms with van der Waals surface area (Å²) in [6.45, 7) is 12.2. The molecule has 4 bridgehead atoms. The Balaban J connectivity index is 2.11. The van der Waals surface area contributed by atoms with E-state index in [9.17, 15) is 14.4 Å². The summed E-state index contributed by atoms with van der Waals surface area (Å²) in [5.74, 6) is 4.97. The Kier molecular flexibility index (Phi) is 5.98. The molecule has 176 valence electrons. The predicted octanol–water partition coefficient (Wildman–Crippen LogP) is 2.82. The molecule has 0 aromatic heterocycles. The average Bonchev–Trinajstić information content (AvgIpc) is 2.89. The second-order valence-electron chi connectivity index (χ2n) is 10.0. The van der Waals surface area contributed by atoms with Crippen LogP contribution >= 0.6 is 0 Å². The minimum atomic E-state index is -1.24. The van der Waals surface area contributed by atoms with Crippen molar-refractivity contribution in [1.82, 2.24) is 4.90 Å². The van der Waals surface area contributed by atoms with E-state index in [1.807, 2.05) is 0 Å². The molecular weight excluding hydrogens is 418 g/mol. The minimum Gasteiger partial charge on any atom is -0.466 e. The average molecular weight is 450 g/mol. The number of fused-ring (bicyclic) bond motifs is 1. The number of nitrogens with zero attached hydrogens (tertiary/aromatic N) is 1. The quantitative estimate of drug-likeness (QED) is 0.360. The zero-order chi connectivity index (χ0) is 24.1. The highest BCUT2D eigenvalue weighted by Gasteiger charge is 2.73. The number of hydrogen-bond donors (Lipinski definition) is 0. The maximum atomic E-state index is 13.2. The topological polar surface area (TPSA) is 101 Å². The van der Waals surface area contributed by atoms with Crippen LogP contribution in [0.15, 0.2) is 11.6 Å².